The fourth-order valence-electron chi connectivity index (χ4n) is 2.60. The number of rotatable bonds is 2. The molecule has 120 valence electrons. The second kappa shape index (κ2) is 6.84. The van der Waals surface area contributed by atoms with Gasteiger partial charge in [0.1, 0.15) is 0 Å². The maximum atomic E-state index is 12.6. The number of nitrogens with zero attached hydrogens (tertiary/aromatic N) is 2. The third-order valence-corrected chi connectivity index (χ3v) is 5.61. The topological polar surface area (TPSA) is 40.6 Å². The second-order valence-corrected chi connectivity index (χ2v) is 7.47. The van der Waals surface area contributed by atoms with Crippen molar-refractivity contribution in [3.63, 3.8) is 0 Å². The van der Waals surface area contributed by atoms with Crippen molar-refractivity contribution in [2.75, 3.05) is 26.2 Å². The molecule has 0 spiro atoms. The molecule has 0 unspecified atom stereocenters. The van der Waals surface area contributed by atoms with Crippen LogP contribution in [0.25, 0.3) is 10.4 Å². The van der Waals surface area contributed by atoms with Crippen molar-refractivity contribution in [1.29, 1.82) is 0 Å². The van der Waals surface area contributed by atoms with Gasteiger partial charge < -0.3 is 9.80 Å². The van der Waals surface area contributed by atoms with E-state index in [0.717, 1.165) is 19.8 Å². The van der Waals surface area contributed by atoms with Gasteiger partial charge in [-0.15, -0.1) is 11.3 Å². The monoisotopic (exact) mass is 392 g/mol. The SMILES string of the molecule is CC(=O)N1CCN(C(=O)c2ccc(-c3ccc(Br)cc3)s2)CC1. The Hall–Kier alpha value is -1.66. The van der Waals surface area contributed by atoms with Crippen LogP contribution in [0.4, 0.5) is 0 Å². The lowest BCUT2D eigenvalue weighted by Crippen LogP contribution is -2.49. The van der Waals surface area contributed by atoms with Crippen LogP contribution >= 0.6 is 27.3 Å². The Morgan fingerprint density at radius 3 is 2.17 bits per heavy atom. The summed E-state index contributed by atoms with van der Waals surface area (Å²) in [7, 11) is 0. The second-order valence-electron chi connectivity index (χ2n) is 5.47. The summed E-state index contributed by atoms with van der Waals surface area (Å²) in [5, 5.41) is 0. The van der Waals surface area contributed by atoms with E-state index < -0.39 is 0 Å². The molecule has 2 heterocycles. The first-order chi connectivity index (χ1) is 11.0. The van der Waals surface area contributed by atoms with E-state index in [-0.39, 0.29) is 11.8 Å². The summed E-state index contributed by atoms with van der Waals surface area (Å²) >= 11 is 4.94. The highest BCUT2D eigenvalue weighted by Crippen LogP contribution is 2.30. The number of halogens is 1. The van der Waals surface area contributed by atoms with Gasteiger partial charge in [0, 0.05) is 42.5 Å². The average Bonchev–Trinajstić information content (AvgIpc) is 3.05. The Labute approximate surface area is 147 Å². The van der Waals surface area contributed by atoms with Gasteiger partial charge in [0.05, 0.1) is 4.88 Å². The molecular formula is C17H17BrN2O2S. The molecule has 0 radical (unpaired) electrons. The first-order valence-electron chi connectivity index (χ1n) is 7.45. The van der Waals surface area contributed by atoms with Crippen molar-refractivity contribution < 1.29 is 9.59 Å². The fraction of sp³-hybridized carbons (Fsp3) is 0.294. The van der Waals surface area contributed by atoms with E-state index in [1.165, 1.54) is 11.3 Å². The molecule has 6 heteroatoms. The highest BCUT2D eigenvalue weighted by molar-refractivity contribution is 9.10. The van der Waals surface area contributed by atoms with E-state index in [2.05, 4.69) is 15.9 Å². The van der Waals surface area contributed by atoms with Gasteiger partial charge in [-0.25, -0.2) is 0 Å². The van der Waals surface area contributed by atoms with Gasteiger partial charge in [-0.2, -0.15) is 0 Å². The van der Waals surface area contributed by atoms with Crippen molar-refractivity contribution in [3.05, 3.63) is 45.7 Å². The van der Waals surface area contributed by atoms with Crippen LogP contribution in [0.5, 0.6) is 0 Å². The first kappa shape index (κ1) is 16.2. The number of benzene rings is 1. The molecule has 3 rings (SSSR count). The van der Waals surface area contributed by atoms with Crippen LogP contribution in [0.15, 0.2) is 40.9 Å². The molecule has 1 aliphatic rings. The summed E-state index contributed by atoms with van der Waals surface area (Å²) < 4.78 is 1.04. The zero-order chi connectivity index (χ0) is 16.4. The molecule has 1 saturated heterocycles. The average molecular weight is 393 g/mol. The number of hydrogen-bond donors (Lipinski definition) is 0. The van der Waals surface area contributed by atoms with Crippen molar-refractivity contribution >= 4 is 39.1 Å². The molecule has 2 amide bonds. The van der Waals surface area contributed by atoms with Gasteiger partial charge >= 0.3 is 0 Å². The van der Waals surface area contributed by atoms with Crippen molar-refractivity contribution in [2.45, 2.75) is 6.92 Å². The number of carbonyl (C=O) groups excluding carboxylic acids is 2. The molecule has 1 aliphatic heterocycles. The Bertz CT molecular complexity index is 718. The van der Waals surface area contributed by atoms with Crippen LogP contribution in [0.2, 0.25) is 0 Å². The van der Waals surface area contributed by atoms with Gasteiger partial charge in [-0.3, -0.25) is 9.59 Å². The molecule has 0 saturated carbocycles. The molecule has 0 N–H and O–H groups in total. The van der Waals surface area contributed by atoms with Crippen LogP contribution < -0.4 is 0 Å². The third kappa shape index (κ3) is 3.64. The number of carbonyl (C=O) groups is 2. The van der Waals surface area contributed by atoms with Gasteiger partial charge in [-0.05, 0) is 29.8 Å². The third-order valence-electron chi connectivity index (χ3n) is 3.96. The molecule has 4 nitrogen and oxygen atoms in total. The van der Waals surface area contributed by atoms with E-state index in [1.807, 2.05) is 41.3 Å². The number of thiophene rings is 1. The Morgan fingerprint density at radius 2 is 1.57 bits per heavy atom. The van der Waals surface area contributed by atoms with Crippen LogP contribution in [0.3, 0.4) is 0 Å². The predicted molar refractivity (Wildman–Crippen MR) is 95.6 cm³/mol. The van der Waals surface area contributed by atoms with E-state index in [4.69, 9.17) is 0 Å². The number of piperazine rings is 1. The van der Waals surface area contributed by atoms with Crippen molar-refractivity contribution in [2.24, 2.45) is 0 Å². The smallest absolute Gasteiger partial charge is 0.264 e. The highest BCUT2D eigenvalue weighted by Gasteiger charge is 2.24. The van der Waals surface area contributed by atoms with E-state index in [0.29, 0.717) is 26.2 Å². The molecular weight excluding hydrogens is 376 g/mol. The molecule has 1 aromatic carbocycles. The lowest BCUT2D eigenvalue weighted by atomic mass is 10.2. The predicted octanol–water partition coefficient (Wildman–Crippen LogP) is 3.48. The van der Waals surface area contributed by atoms with Crippen molar-refractivity contribution in [3.8, 4) is 10.4 Å². The van der Waals surface area contributed by atoms with Crippen molar-refractivity contribution in [1.82, 2.24) is 9.80 Å². The van der Waals surface area contributed by atoms with Crippen LogP contribution in [-0.2, 0) is 4.79 Å². The summed E-state index contributed by atoms with van der Waals surface area (Å²) in [4.78, 5) is 29.4. The maximum absolute atomic E-state index is 12.6. The van der Waals surface area contributed by atoms with E-state index in [9.17, 15) is 9.59 Å². The molecule has 23 heavy (non-hydrogen) atoms. The van der Waals surface area contributed by atoms with E-state index in [1.54, 1.807) is 11.8 Å². The highest BCUT2D eigenvalue weighted by atomic mass is 79.9. The maximum Gasteiger partial charge on any atom is 0.264 e. The minimum absolute atomic E-state index is 0.0570. The number of amides is 2. The van der Waals surface area contributed by atoms with E-state index >= 15 is 0 Å². The van der Waals surface area contributed by atoms with Gasteiger partial charge in [0.2, 0.25) is 5.91 Å². The van der Waals surface area contributed by atoms with Crippen LogP contribution in [0.1, 0.15) is 16.6 Å². The fourth-order valence-corrected chi connectivity index (χ4v) is 3.85. The largest absolute Gasteiger partial charge is 0.339 e. The lowest BCUT2D eigenvalue weighted by molar-refractivity contribution is -0.130. The summed E-state index contributed by atoms with van der Waals surface area (Å²) in [6.07, 6.45) is 0. The first-order valence-corrected chi connectivity index (χ1v) is 9.06. The summed E-state index contributed by atoms with van der Waals surface area (Å²) in [5.74, 6) is 0.132. The molecule has 0 aliphatic carbocycles. The standard InChI is InChI=1S/C17H17BrN2O2S/c1-12(21)19-8-10-20(11-9-19)17(22)16-7-6-15(23-16)13-2-4-14(18)5-3-13/h2-7H,8-11H2,1H3. The quantitative estimate of drug-likeness (QED) is 0.784. The molecule has 0 bridgehead atoms. The Kier molecular flexibility index (Phi) is 4.82. The van der Waals surface area contributed by atoms with Crippen LogP contribution in [-0.4, -0.2) is 47.8 Å². The molecule has 1 aromatic heterocycles. The Balaban J connectivity index is 1.69. The van der Waals surface area contributed by atoms with Gasteiger partial charge in [0.25, 0.3) is 5.91 Å². The number of hydrogen-bond acceptors (Lipinski definition) is 3. The molecule has 2 aromatic rings. The normalized spacial score (nSPS) is 14.9. The van der Waals surface area contributed by atoms with Crippen LogP contribution in [0, 0.1) is 0 Å². The van der Waals surface area contributed by atoms with Gasteiger partial charge in [0.15, 0.2) is 0 Å². The van der Waals surface area contributed by atoms with Gasteiger partial charge in [-0.1, -0.05) is 28.1 Å². The zero-order valence-corrected chi connectivity index (χ0v) is 15.2. The minimum Gasteiger partial charge on any atom is -0.339 e. The summed E-state index contributed by atoms with van der Waals surface area (Å²) in [6, 6.07) is 12.0. The summed E-state index contributed by atoms with van der Waals surface area (Å²) in [5.41, 5.74) is 1.11. The molecule has 0 atom stereocenters. The summed E-state index contributed by atoms with van der Waals surface area (Å²) in [6.45, 7) is 4.01. The lowest BCUT2D eigenvalue weighted by Gasteiger charge is -2.33. The molecule has 1 fully saturated rings. The minimum atomic E-state index is 0.0570. The zero-order valence-electron chi connectivity index (χ0n) is 12.8. The Morgan fingerprint density at radius 1 is 0.957 bits per heavy atom.